The fourth-order valence-corrected chi connectivity index (χ4v) is 5.02. The van der Waals surface area contributed by atoms with Gasteiger partial charge in [-0.25, -0.2) is 4.79 Å². The molecule has 1 aromatic heterocycles. The molecule has 1 unspecified atom stereocenters. The molecule has 1 saturated heterocycles. The van der Waals surface area contributed by atoms with Crippen LogP contribution in [0.5, 0.6) is 5.75 Å². The molecule has 162 valence electrons. The smallest absolute Gasteiger partial charge is 0.341 e. The van der Waals surface area contributed by atoms with E-state index in [-0.39, 0.29) is 11.3 Å². The molecule has 0 spiro atoms. The number of carbonyl (C=O) groups is 1. The number of methoxy groups -OCH3 is 1. The van der Waals surface area contributed by atoms with Gasteiger partial charge >= 0.3 is 5.97 Å². The zero-order valence-corrected chi connectivity index (χ0v) is 19.0. The van der Waals surface area contributed by atoms with E-state index in [1.165, 1.54) is 7.11 Å². The molecule has 1 atom stereocenters. The second-order valence-corrected chi connectivity index (χ2v) is 9.13. The number of pyridine rings is 1. The number of halogens is 1. The number of morpholine rings is 1. The molecule has 31 heavy (non-hydrogen) atoms. The van der Waals surface area contributed by atoms with Gasteiger partial charge in [0.15, 0.2) is 0 Å². The number of rotatable bonds is 6. The highest BCUT2D eigenvalue weighted by atomic mass is 79.9. The third-order valence-electron chi connectivity index (χ3n) is 4.91. The average molecular weight is 506 g/mol. The number of carboxylic acids is 1. The third-order valence-corrected chi connectivity index (χ3v) is 6.92. The fourth-order valence-electron chi connectivity index (χ4n) is 3.42. The number of anilines is 2. The van der Waals surface area contributed by atoms with Crippen LogP contribution in [-0.2, 0) is 16.1 Å². The van der Waals surface area contributed by atoms with Gasteiger partial charge in [0, 0.05) is 9.86 Å². The SMILES string of the molecule is COc1cccc(Nc2c([S+]([O-])N3CCOCC3)cnc3ccc(Br)cc23)c1C(=O)O. The van der Waals surface area contributed by atoms with Crippen molar-refractivity contribution in [2.24, 2.45) is 0 Å². The summed E-state index contributed by atoms with van der Waals surface area (Å²) in [6, 6.07) is 10.5. The minimum absolute atomic E-state index is 0.00642. The fraction of sp³-hybridized carbons (Fsp3) is 0.238. The number of carboxylic acid groups (broad SMARTS) is 1. The molecule has 1 aliphatic heterocycles. The Hall–Kier alpha value is -2.37. The van der Waals surface area contributed by atoms with Crippen molar-refractivity contribution in [1.29, 1.82) is 0 Å². The summed E-state index contributed by atoms with van der Waals surface area (Å²) in [5.41, 5.74) is 1.55. The first kappa shape index (κ1) is 21.8. The van der Waals surface area contributed by atoms with Crippen molar-refractivity contribution in [2.75, 3.05) is 38.7 Å². The van der Waals surface area contributed by atoms with Crippen LogP contribution in [0, 0.1) is 0 Å². The van der Waals surface area contributed by atoms with Crippen LogP contribution in [-0.4, -0.2) is 58.3 Å². The van der Waals surface area contributed by atoms with Crippen molar-refractivity contribution < 1.29 is 23.9 Å². The number of ether oxygens (including phenoxy) is 2. The number of aromatic nitrogens is 1. The van der Waals surface area contributed by atoms with Crippen molar-refractivity contribution in [2.45, 2.75) is 4.90 Å². The van der Waals surface area contributed by atoms with Gasteiger partial charge in [-0.1, -0.05) is 22.0 Å². The molecule has 8 nitrogen and oxygen atoms in total. The molecule has 1 aliphatic rings. The van der Waals surface area contributed by atoms with Gasteiger partial charge in [-0.2, -0.15) is 0 Å². The summed E-state index contributed by atoms with van der Waals surface area (Å²) >= 11 is 1.97. The largest absolute Gasteiger partial charge is 0.593 e. The Kier molecular flexibility index (Phi) is 6.63. The highest BCUT2D eigenvalue weighted by Gasteiger charge is 2.30. The van der Waals surface area contributed by atoms with Gasteiger partial charge in [-0.05, 0) is 30.3 Å². The second kappa shape index (κ2) is 9.41. The molecular weight excluding hydrogens is 486 g/mol. The van der Waals surface area contributed by atoms with Gasteiger partial charge in [0.2, 0.25) is 4.90 Å². The number of aromatic carboxylic acids is 1. The van der Waals surface area contributed by atoms with E-state index < -0.39 is 17.3 Å². The molecule has 2 N–H and O–H groups in total. The summed E-state index contributed by atoms with van der Waals surface area (Å²) in [5, 5.41) is 13.7. The average Bonchev–Trinajstić information content (AvgIpc) is 2.79. The molecule has 10 heteroatoms. The van der Waals surface area contributed by atoms with Crippen LogP contribution in [0.4, 0.5) is 11.4 Å². The Bertz CT molecular complexity index is 1120. The molecular formula is C21H20BrN3O5S. The molecule has 0 aliphatic carbocycles. The van der Waals surface area contributed by atoms with Crippen molar-refractivity contribution >= 4 is 55.5 Å². The quantitative estimate of drug-likeness (QED) is 0.487. The molecule has 0 amide bonds. The maximum Gasteiger partial charge on any atom is 0.341 e. The van der Waals surface area contributed by atoms with E-state index in [9.17, 15) is 14.5 Å². The first-order chi connectivity index (χ1) is 15.0. The van der Waals surface area contributed by atoms with Crippen molar-refractivity contribution in [3.8, 4) is 5.75 Å². The maximum atomic E-state index is 13.4. The van der Waals surface area contributed by atoms with Gasteiger partial charge < -0.3 is 24.4 Å². The standard InChI is InChI=1S/C21H20BrN3O5S/c1-29-17-4-2-3-16(19(17)21(26)27)24-20-14-11-13(22)5-6-15(14)23-12-18(20)31(28)25-7-9-30-10-8-25/h2-6,11-12H,7-10H2,1H3,(H,23,24)(H,26,27). The lowest BCUT2D eigenvalue weighted by molar-refractivity contribution is 0.0694. The van der Waals surface area contributed by atoms with E-state index in [2.05, 4.69) is 26.2 Å². The van der Waals surface area contributed by atoms with Crippen LogP contribution in [0.2, 0.25) is 0 Å². The molecule has 0 bridgehead atoms. The van der Waals surface area contributed by atoms with Crippen LogP contribution in [0.25, 0.3) is 10.9 Å². The minimum Gasteiger partial charge on any atom is -0.593 e. The summed E-state index contributed by atoms with van der Waals surface area (Å²) in [5.74, 6) is -0.900. The van der Waals surface area contributed by atoms with Crippen molar-refractivity contribution in [3.63, 3.8) is 0 Å². The molecule has 0 saturated carbocycles. The van der Waals surface area contributed by atoms with E-state index >= 15 is 0 Å². The Morgan fingerprint density at radius 1 is 1.32 bits per heavy atom. The lowest BCUT2D eigenvalue weighted by Crippen LogP contribution is -2.40. The normalized spacial score (nSPS) is 15.6. The van der Waals surface area contributed by atoms with Crippen LogP contribution >= 0.6 is 15.9 Å². The minimum atomic E-state index is -1.51. The van der Waals surface area contributed by atoms with Gasteiger partial charge in [-0.3, -0.25) is 4.98 Å². The number of nitrogens with zero attached hydrogens (tertiary/aromatic N) is 2. The number of fused-ring (bicyclic) bond motifs is 1. The molecule has 2 heterocycles. The lowest BCUT2D eigenvalue weighted by atomic mass is 10.1. The monoisotopic (exact) mass is 505 g/mol. The molecule has 1 fully saturated rings. The Morgan fingerprint density at radius 3 is 2.81 bits per heavy atom. The van der Waals surface area contributed by atoms with Gasteiger partial charge in [0.25, 0.3) is 0 Å². The van der Waals surface area contributed by atoms with E-state index in [0.717, 1.165) is 4.47 Å². The van der Waals surface area contributed by atoms with Crippen LogP contribution in [0.3, 0.4) is 0 Å². The Morgan fingerprint density at radius 2 is 2.10 bits per heavy atom. The number of nitrogens with one attached hydrogen (secondary N) is 1. The van der Waals surface area contributed by atoms with Crippen molar-refractivity contribution in [3.05, 3.63) is 52.6 Å². The number of hydrogen-bond donors (Lipinski definition) is 2. The van der Waals surface area contributed by atoms with E-state index in [1.807, 2.05) is 22.5 Å². The highest BCUT2D eigenvalue weighted by molar-refractivity contribution is 9.10. The molecule has 2 aromatic carbocycles. The lowest BCUT2D eigenvalue weighted by Gasteiger charge is -2.28. The van der Waals surface area contributed by atoms with Crippen LogP contribution in [0.1, 0.15) is 10.4 Å². The van der Waals surface area contributed by atoms with E-state index in [4.69, 9.17) is 9.47 Å². The Labute approximate surface area is 190 Å². The zero-order chi connectivity index (χ0) is 22.0. The highest BCUT2D eigenvalue weighted by Crippen LogP contribution is 2.37. The van der Waals surface area contributed by atoms with E-state index in [1.54, 1.807) is 24.4 Å². The summed E-state index contributed by atoms with van der Waals surface area (Å²) < 4.78 is 26.7. The summed E-state index contributed by atoms with van der Waals surface area (Å²) in [4.78, 5) is 16.9. The number of benzene rings is 2. The predicted molar refractivity (Wildman–Crippen MR) is 121 cm³/mol. The van der Waals surface area contributed by atoms with Gasteiger partial charge in [0.05, 0.1) is 62.2 Å². The van der Waals surface area contributed by atoms with Gasteiger partial charge in [0.1, 0.15) is 17.0 Å². The van der Waals surface area contributed by atoms with Gasteiger partial charge in [-0.15, -0.1) is 4.31 Å². The van der Waals surface area contributed by atoms with Crippen molar-refractivity contribution in [1.82, 2.24) is 9.29 Å². The summed E-state index contributed by atoms with van der Waals surface area (Å²) in [6.07, 6.45) is 1.57. The second-order valence-electron chi connectivity index (χ2n) is 6.76. The number of hydrogen-bond acceptors (Lipinski definition) is 7. The predicted octanol–water partition coefficient (Wildman–Crippen LogP) is 3.80. The first-order valence-corrected chi connectivity index (χ1v) is 11.4. The third kappa shape index (κ3) is 4.48. The van der Waals surface area contributed by atoms with E-state index in [0.29, 0.717) is 53.5 Å². The summed E-state index contributed by atoms with van der Waals surface area (Å²) in [7, 11) is 1.42. The summed E-state index contributed by atoms with van der Waals surface area (Å²) in [6.45, 7) is 2.06. The molecule has 3 aromatic rings. The molecule has 0 radical (unpaired) electrons. The first-order valence-electron chi connectivity index (χ1n) is 9.49. The Balaban J connectivity index is 1.87. The molecule has 4 rings (SSSR count). The van der Waals surface area contributed by atoms with Crippen LogP contribution < -0.4 is 10.1 Å². The van der Waals surface area contributed by atoms with Crippen LogP contribution in [0.15, 0.2) is 52.0 Å². The topological polar surface area (TPSA) is 107 Å². The zero-order valence-electron chi connectivity index (χ0n) is 16.6. The maximum absolute atomic E-state index is 13.4.